The summed E-state index contributed by atoms with van der Waals surface area (Å²) in [5.74, 6) is -2.43. The SMILES string of the molecule is CN1C(=O)CCc2c(C(=O)C(=O)O)cccc21. The van der Waals surface area contributed by atoms with Crippen molar-refractivity contribution < 1.29 is 19.5 Å². The van der Waals surface area contributed by atoms with Gasteiger partial charge in [-0.1, -0.05) is 12.1 Å². The minimum Gasteiger partial charge on any atom is -0.475 e. The number of fused-ring (bicyclic) bond motifs is 1. The van der Waals surface area contributed by atoms with Gasteiger partial charge in [0.05, 0.1) is 0 Å². The van der Waals surface area contributed by atoms with E-state index in [4.69, 9.17) is 5.11 Å². The Morgan fingerprint density at radius 1 is 1.29 bits per heavy atom. The van der Waals surface area contributed by atoms with Crippen LogP contribution >= 0.6 is 0 Å². The van der Waals surface area contributed by atoms with Crippen molar-refractivity contribution in [2.45, 2.75) is 12.8 Å². The second-order valence-electron chi connectivity index (χ2n) is 3.89. The van der Waals surface area contributed by atoms with Crippen LogP contribution in [-0.4, -0.2) is 29.8 Å². The molecule has 0 saturated heterocycles. The third-order valence-electron chi connectivity index (χ3n) is 2.91. The zero-order valence-electron chi connectivity index (χ0n) is 9.27. The van der Waals surface area contributed by atoms with Gasteiger partial charge in [0.1, 0.15) is 0 Å². The van der Waals surface area contributed by atoms with E-state index in [2.05, 4.69) is 0 Å². The monoisotopic (exact) mass is 233 g/mol. The third kappa shape index (κ3) is 1.80. The van der Waals surface area contributed by atoms with Crippen LogP contribution in [0.3, 0.4) is 0 Å². The molecular formula is C12H11NO4. The van der Waals surface area contributed by atoms with E-state index < -0.39 is 11.8 Å². The zero-order valence-corrected chi connectivity index (χ0v) is 9.27. The largest absolute Gasteiger partial charge is 0.475 e. The highest BCUT2D eigenvalue weighted by Crippen LogP contribution is 2.29. The molecule has 5 nitrogen and oxygen atoms in total. The highest BCUT2D eigenvalue weighted by atomic mass is 16.4. The number of amides is 1. The van der Waals surface area contributed by atoms with Crippen molar-refractivity contribution >= 4 is 23.3 Å². The summed E-state index contributed by atoms with van der Waals surface area (Å²) in [5.41, 5.74) is 1.43. The van der Waals surface area contributed by atoms with Crippen molar-refractivity contribution in [1.82, 2.24) is 0 Å². The Balaban J connectivity index is 2.55. The Kier molecular flexibility index (Phi) is 2.67. The van der Waals surface area contributed by atoms with Crippen LogP contribution in [0.2, 0.25) is 0 Å². The minimum atomic E-state index is -1.47. The van der Waals surface area contributed by atoms with E-state index in [0.717, 1.165) is 0 Å². The number of aliphatic carboxylic acids is 1. The summed E-state index contributed by atoms with van der Waals surface area (Å²) in [5, 5.41) is 8.72. The standard InChI is InChI=1S/C12H11NO4/c1-13-9-4-2-3-8(11(15)12(16)17)7(9)5-6-10(13)14/h2-4H,5-6H2,1H3,(H,16,17). The lowest BCUT2D eigenvalue weighted by Crippen LogP contribution is -2.32. The average molecular weight is 233 g/mol. The number of hydrogen-bond acceptors (Lipinski definition) is 3. The molecular weight excluding hydrogens is 222 g/mol. The Morgan fingerprint density at radius 2 is 2.00 bits per heavy atom. The molecule has 1 aliphatic heterocycles. The number of ketones is 1. The van der Waals surface area contributed by atoms with E-state index in [-0.39, 0.29) is 11.5 Å². The highest BCUT2D eigenvalue weighted by Gasteiger charge is 2.27. The molecule has 0 fully saturated rings. The molecule has 0 bridgehead atoms. The van der Waals surface area contributed by atoms with Crippen LogP contribution in [0.4, 0.5) is 5.69 Å². The van der Waals surface area contributed by atoms with Crippen LogP contribution in [0.5, 0.6) is 0 Å². The van der Waals surface area contributed by atoms with Crippen LogP contribution in [0, 0.1) is 0 Å². The van der Waals surface area contributed by atoms with Gasteiger partial charge in [0, 0.05) is 24.7 Å². The Labute approximate surface area is 97.7 Å². The maximum Gasteiger partial charge on any atom is 0.377 e. The number of carboxylic acids is 1. The molecule has 1 aromatic carbocycles. The van der Waals surface area contributed by atoms with Crippen molar-refractivity contribution in [3.8, 4) is 0 Å². The minimum absolute atomic E-state index is 0.0302. The molecule has 5 heteroatoms. The molecule has 2 rings (SSSR count). The molecule has 0 aromatic heterocycles. The molecule has 88 valence electrons. The number of carboxylic acid groups (broad SMARTS) is 1. The first-order valence-electron chi connectivity index (χ1n) is 5.18. The van der Waals surface area contributed by atoms with Crippen LogP contribution in [0.25, 0.3) is 0 Å². The van der Waals surface area contributed by atoms with E-state index in [1.165, 1.54) is 11.0 Å². The summed E-state index contributed by atoms with van der Waals surface area (Å²) in [4.78, 5) is 35.2. The van der Waals surface area contributed by atoms with Gasteiger partial charge in [0.2, 0.25) is 5.91 Å². The van der Waals surface area contributed by atoms with Crippen molar-refractivity contribution in [2.75, 3.05) is 11.9 Å². The van der Waals surface area contributed by atoms with Crippen molar-refractivity contribution in [2.24, 2.45) is 0 Å². The molecule has 1 N–H and O–H groups in total. The summed E-state index contributed by atoms with van der Waals surface area (Å²) >= 11 is 0. The van der Waals surface area contributed by atoms with Crippen molar-refractivity contribution in [3.63, 3.8) is 0 Å². The molecule has 0 saturated carbocycles. The van der Waals surface area contributed by atoms with Crippen LogP contribution in [0.15, 0.2) is 18.2 Å². The molecule has 1 aliphatic rings. The Bertz CT molecular complexity index is 521. The number of Topliss-reactive ketones (excluding diaryl/α,β-unsaturated/α-hetero) is 1. The summed E-state index contributed by atoms with van der Waals surface area (Å²) < 4.78 is 0. The summed E-state index contributed by atoms with van der Waals surface area (Å²) in [6.07, 6.45) is 0.709. The second kappa shape index (κ2) is 4.01. The normalized spacial score (nSPS) is 14.4. The summed E-state index contributed by atoms with van der Waals surface area (Å²) in [6.45, 7) is 0. The number of nitrogens with zero attached hydrogens (tertiary/aromatic N) is 1. The first kappa shape index (κ1) is 11.3. The fourth-order valence-electron chi connectivity index (χ4n) is 2.01. The van der Waals surface area contributed by atoms with Crippen LogP contribution in [-0.2, 0) is 16.0 Å². The molecule has 17 heavy (non-hydrogen) atoms. The number of rotatable bonds is 2. The van der Waals surface area contributed by atoms with Gasteiger partial charge in [0.25, 0.3) is 5.78 Å². The van der Waals surface area contributed by atoms with Gasteiger partial charge in [-0.3, -0.25) is 9.59 Å². The highest BCUT2D eigenvalue weighted by molar-refractivity contribution is 6.40. The lowest BCUT2D eigenvalue weighted by molar-refractivity contribution is -0.131. The van der Waals surface area contributed by atoms with E-state index in [1.54, 1.807) is 19.2 Å². The fourth-order valence-corrected chi connectivity index (χ4v) is 2.01. The molecule has 0 atom stereocenters. The number of anilines is 1. The predicted octanol–water partition coefficient (Wildman–Crippen LogP) is 0.863. The average Bonchev–Trinajstić information content (AvgIpc) is 2.32. The van der Waals surface area contributed by atoms with Gasteiger partial charge < -0.3 is 10.0 Å². The molecule has 0 unspecified atom stereocenters. The number of hydrogen-bond donors (Lipinski definition) is 1. The molecule has 1 amide bonds. The molecule has 0 spiro atoms. The smallest absolute Gasteiger partial charge is 0.377 e. The topological polar surface area (TPSA) is 74.7 Å². The first-order valence-corrected chi connectivity index (χ1v) is 5.18. The van der Waals surface area contributed by atoms with Crippen molar-refractivity contribution in [3.05, 3.63) is 29.3 Å². The maximum atomic E-state index is 11.5. The third-order valence-corrected chi connectivity index (χ3v) is 2.91. The van der Waals surface area contributed by atoms with Crippen LogP contribution in [0.1, 0.15) is 22.3 Å². The Morgan fingerprint density at radius 3 is 2.65 bits per heavy atom. The molecule has 1 aromatic rings. The van der Waals surface area contributed by atoms with E-state index in [9.17, 15) is 14.4 Å². The van der Waals surface area contributed by atoms with Gasteiger partial charge in [-0.2, -0.15) is 0 Å². The molecule has 1 heterocycles. The molecule has 0 radical (unpaired) electrons. The zero-order chi connectivity index (χ0) is 12.6. The predicted molar refractivity (Wildman–Crippen MR) is 60.1 cm³/mol. The van der Waals surface area contributed by atoms with E-state index in [1.807, 2.05) is 0 Å². The maximum absolute atomic E-state index is 11.5. The quantitative estimate of drug-likeness (QED) is 0.607. The first-order chi connectivity index (χ1) is 8.02. The van der Waals surface area contributed by atoms with Gasteiger partial charge in [-0.05, 0) is 18.1 Å². The second-order valence-corrected chi connectivity index (χ2v) is 3.89. The van der Waals surface area contributed by atoms with Crippen molar-refractivity contribution in [1.29, 1.82) is 0 Å². The van der Waals surface area contributed by atoms with Gasteiger partial charge >= 0.3 is 5.97 Å². The lowest BCUT2D eigenvalue weighted by Gasteiger charge is -2.26. The fraction of sp³-hybridized carbons (Fsp3) is 0.250. The lowest BCUT2D eigenvalue weighted by atomic mass is 9.94. The molecule has 0 aliphatic carbocycles. The summed E-state index contributed by atoms with van der Waals surface area (Å²) in [7, 11) is 1.62. The van der Waals surface area contributed by atoms with E-state index in [0.29, 0.717) is 24.1 Å². The van der Waals surface area contributed by atoms with Gasteiger partial charge in [0.15, 0.2) is 0 Å². The number of carbonyl (C=O) groups is 3. The van der Waals surface area contributed by atoms with E-state index >= 15 is 0 Å². The number of benzene rings is 1. The van der Waals surface area contributed by atoms with Gasteiger partial charge in [-0.15, -0.1) is 0 Å². The van der Waals surface area contributed by atoms with Crippen LogP contribution < -0.4 is 4.90 Å². The number of carbonyl (C=O) groups excluding carboxylic acids is 2. The van der Waals surface area contributed by atoms with Gasteiger partial charge in [-0.25, -0.2) is 4.79 Å². The summed E-state index contributed by atoms with van der Waals surface area (Å²) in [6, 6.07) is 4.79. The Hall–Kier alpha value is -2.17.